The van der Waals surface area contributed by atoms with Crippen molar-refractivity contribution in [2.24, 2.45) is 0 Å². The largest absolute Gasteiger partial charge is 0.573 e. The summed E-state index contributed by atoms with van der Waals surface area (Å²) in [5.74, 6) is 1.46. The Bertz CT molecular complexity index is 841. The zero-order valence-electron chi connectivity index (χ0n) is 16.8. The third-order valence-corrected chi connectivity index (χ3v) is 5.52. The number of hydrogen-bond acceptors (Lipinski definition) is 6. The smallest absolute Gasteiger partial charge is 0.405 e. The Kier molecular flexibility index (Phi) is 7.41. The lowest BCUT2D eigenvalue weighted by atomic mass is 9.91. The lowest BCUT2D eigenvalue weighted by molar-refractivity contribution is -0.274. The van der Waals surface area contributed by atoms with Gasteiger partial charge in [0.15, 0.2) is 0 Å². The molecule has 0 atom stereocenters. The first-order valence-electron chi connectivity index (χ1n) is 9.73. The molecule has 0 amide bonds. The van der Waals surface area contributed by atoms with E-state index >= 15 is 0 Å². The molecule has 0 aliphatic heterocycles. The van der Waals surface area contributed by atoms with Gasteiger partial charge in [0, 0.05) is 48.8 Å². The number of anilines is 2. The summed E-state index contributed by atoms with van der Waals surface area (Å²) in [7, 11) is 3.86. The summed E-state index contributed by atoms with van der Waals surface area (Å²) >= 11 is 3.19. The fraction of sp³-hybridized carbons (Fsp3) is 0.500. The van der Waals surface area contributed by atoms with Crippen molar-refractivity contribution in [2.45, 2.75) is 50.7 Å². The predicted octanol–water partition coefficient (Wildman–Crippen LogP) is 4.72. The van der Waals surface area contributed by atoms with E-state index in [2.05, 4.69) is 41.3 Å². The van der Waals surface area contributed by atoms with Gasteiger partial charge >= 0.3 is 6.36 Å². The molecule has 0 unspecified atom stereocenters. The summed E-state index contributed by atoms with van der Waals surface area (Å²) in [6, 6.07) is 7.17. The van der Waals surface area contributed by atoms with E-state index in [9.17, 15) is 13.2 Å². The first kappa shape index (κ1) is 22.6. The molecule has 0 spiro atoms. The highest BCUT2D eigenvalue weighted by molar-refractivity contribution is 9.10. The fourth-order valence-corrected chi connectivity index (χ4v) is 3.81. The number of alkyl halides is 3. The van der Waals surface area contributed by atoms with E-state index in [0.717, 1.165) is 37.3 Å². The number of hydrogen-bond donors (Lipinski definition) is 2. The van der Waals surface area contributed by atoms with Crippen molar-refractivity contribution < 1.29 is 17.9 Å². The van der Waals surface area contributed by atoms with Crippen LogP contribution in [0, 0.1) is 0 Å². The lowest BCUT2D eigenvalue weighted by Crippen LogP contribution is -2.37. The number of nitrogens with zero attached hydrogens (tertiary/aromatic N) is 3. The summed E-state index contributed by atoms with van der Waals surface area (Å²) in [5, 5.41) is 6.83. The van der Waals surface area contributed by atoms with E-state index in [1.165, 1.54) is 6.07 Å². The molecule has 0 saturated heterocycles. The monoisotopic (exact) mass is 487 g/mol. The van der Waals surface area contributed by atoms with Gasteiger partial charge in [0.2, 0.25) is 0 Å². The van der Waals surface area contributed by atoms with E-state index in [1.54, 1.807) is 18.5 Å². The van der Waals surface area contributed by atoms with Crippen LogP contribution in [0.25, 0.3) is 0 Å². The Labute approximate surface area is 182 Å². The van der Waals surface area contributed by atoms with Crippen molar-refractivity contribution in [3.8, 4) is 5.75 Å². The van der Waals surface area contributed by atoms with E-state index < -0.39 is 6.36 Å². The molecular formula is C20H25BrF3N5O. The molecule has 164 valence electrons. The third-order valence-electron chi connectivity index (χ3n) is 5.03. The molecule has 30 heavy (non-hydrogen) atoms. The number of benzene rings is 1. The molecule has 0 bridgehead atoms. The molecule has 2 N–H and O–H groups in total. The van der Waals surface area contributed by atoms with Gasteiger partial charge in [-0.05, 0) is 37.8 Å². The summed E-state index contributed by atoms with van der Waals surface area (Å²) in [4.78, 5) is 10.4. The van der Waals surface area contributed by atoms with Gasteiger partial charge in [-0.1, -0.05) is 22.0 Å². The summed E-state index contributed by atoms with van der Waals surface area (Å²) in [5.41, 5.74) is 0.480. The summed E-state index contributed by atoms with van der Waals surface area (Å²) in [6.07, 6.45) is 0.581. The predicted molar refractivity (Wildman–Crippen MR) is 114 cm³/mol. The second-order valence-corrected chi connectivity index (χ2v) is 8.45. The van der Waals surface area contributed by atoms with Gasteiger partial charge in [0.1, 0.15) is 23.7 Å². The Morgan fingerprint density at radius 1 is 1.10 bits per heavy atom. The van der Waals surface area contributed by atoms with Crippen LogP contribution in [-0.4, -0.2) is 42.5 Å². The van der Waals surface area contributed by atoms with Crippen LogP contribution in [-0.2, 0) is 6.54 Å². The molecule has 0 radical (unpaired) electrons. The van der Waals surface area contributed by atoms with Crippen molar-refractivity contribution >= 4 is 27.6 Å². The van der Waals surface area contributed by atoms with Gasteiger partial charge in [-0.2, -0.15) is 0 Å². The van der Waals surface area contributed by atoms with Gasteiger partial charge in [-0.25, -0.2) is 9.97 Å². The molecule has 1 saturated carbocycles. The van der Waals surface area contributed by atoms with Crippen molar-refractivity contribution in [1.29, 1.82) is 0 Å². The molecule has 1 heterocycles. The minimum absolute atomic E-state index is 0.180. The van der Waals surface area contributed by atoms with Crippen molar-refractivity contribution in [2.75, 3.05) is 24.3 Å². The minimum atomic E-state index is -4.72. The van der Waals surface area contributed by atoms with Crippen LogP contribution in [0.4, 0.5) is 24.8 Å². The zero-order chi connectivity index (χ0) is 21.7. The molecule has 1 fully saturated rings. The SMILES string of the molecule is CN(C)c1cc(N[C@H]2CC[C@@H](NCc3ccc(Br)cc3OC(F)(F)F)CC2)ncn1. The maximum atomic E-state index is 12.7. The number of nitrogens with one attached hydrogen (secondary N) is 2. The Morgan fingerprint density at radius 2 is 1.80 bits per heavy atom. The number of halogens is 4. The highest BCUT2D eigenvalue weighted by atomic mass is 79.9. The van der Waals surface area contributed by atoms with Crippen molar-refractivity contribution in [1.82, 2.24) is 15.3 Å². The van der Waals surface area contributed by atoms with Crippen LogP contribution >= 0.6 is 15.9 Å². The third kappa shape index (κ3) is 6.73. The molecule has 2 aromatic rings. The normalized spacial score (nSPS) is 19.4. The molecule has 3 rings (SSSR count). The first-order valence-corrected chi connectivity index (χ1v) is 10.5. The van der Waals surface area contributed by atoms with Crippen LogP contribution in [0.15, 0.2) is 35.1 Å². The van der Waals surface area contributed by atoms with Gasteiger partial charge in [-0.3, -0.25) is 0 Å². The average Bonchev–Trinajstić information content (AvgIpc) is 2.67. The standard InChI is InChI=1S/C20H25BrF3N5O/c1-29(2)19-10-18(26-12-27-19)28-16-7-5-15(6-8-16)25-11-13-3-4-14(21)9-17(13)30-20(22,23)24/h3-4,9-10,12,15-16,25H,5-8,11H2,1-2H3,(H,26,27,28)/t15-,16+. The second-order valence-electron chi connectivity index (χ2n) is 7.53. The molecule has 1 aromatic carbocycles. The van der Waals surface area contributed by atoms with Crippen molar-refractivity contribution in [3.63, 3.8) is 0 Å². The maximum absolute atomic E-state index is 12.7. The fourth-order valence-electron chi connectivity index (χ4n) is 3.47. The Hall–Kier alpha value is -2.07. The zero-order valence-corrected chi connectivity index (χ0v) is 18.4. The van der Waals surface area contributed by atoms with Gasteiger partial charge in [0.25, 0.3) is 0 Å². The number of rotatable bonds is 7. The first-order chi connectivity index (χ1) is 14.2. The van der Waals surface area contributed by atoms with Crippen LogP contribution in [0.2, 0.25) is 0 Å². The highest BCUT2D eigenvalue weighted by Crippen LogP contribution is 2.30. The van der Waals surface area contributed by atoms with E-state index in [4.69, 9.17) is 0 Å². The molecule has 1 aliphatic rings. The van der Waals surface area contributed by atoms with Gasteiger partial charge in [0.05, 0.1) is 0 Å². The topological polar surface area (TPSA) is 62.3 Å². The van der Waals surface area contributed by atoms with Crippen LogP contribution in [0.5, 0.6) is 5.75 Å². The van der Waals surface area contributed by atoms with Gasteiger partial charge in [-0.15, -0.1) is 13.2 Å². The molecular weight excluding hydrogens is 463 g/mol. The highest BCUT2D eigenvalue weighted by Gasteiger charge is 2.32. The Balaban J connectivity index is 1.50. The number of aromatic nitrogens is 2. The maximum Gasteiger partial charge on any atom is 0.573 e. The van der Waals surface area contributed by atoms with Crippen LogP contribution in [0.3, 0.4) is 0 Å². The summed E-state index contributed by atoms with van der Waals surface area (Å²) < 4.78 is 42.7. The average molecular weight is 488 g/mol. The quantitative estimate of drug-likeness (QED) is 0.589. The van der Waals surface area contributed by atoms with E-state index in [1.807, 2.05) is 25.1 Å². The van der Waals surface area contributed by atoms with Crippen molar-refractivity contribution in [3.05, 3.63) is 40.6 Å². The van der Waals surface area contributed by atoms with Gasteiger partial charge < -0.3 is 20.3 Å². The Morgan fingerprint density at radius 3 is 2.47 bits per heavy atom. The number of ether oxygens (including phenoxy) is 1. The van der Waals surface area contributed by atoms with Crippen LogP contribution in [0.1, 0.15) is 31.2 Å². The van der Waals surface area contributed by atoms with Crippen LogP contribution < -0.4 is 20.3 Å². The minimum Gasteiger partial charge on any atom is -0.405 e. The summed E-state index contributed by atoms with van der Waals surface area (Å²) in [6.45, 7) is 0.319. The second kappa shape index (κ2) is 9.82. The molecule has 10 heteroatoms. The molecule has 6 nitrogen and oxygen atoms in total. The lowest BCUT2D eigenvalue weighted by Gasteiger charge is -2.30. The van der Waals surface area contributed by atoms with E-state index in [0.29, 0.717) is 22.6 Å². The van der Waals surface area contributed by atoms with E-state index in [-0.39, 0.29) is 11.8 Å². The molecule has 1 aromatic heterocycles. The molecule has 1 aliphatic carbocycles.